The minimum atomic E-state index is 0.241. The summed E-state index contributed by atoms with van der Waals surface area (Å²) in [6.45, 7) is 2.05. The van der Waals surface area contributed by atoms with E-state index in [1.807, 2.05) is 47.0 Å². The molecule has 4 rings (SSSR count). The van der Waals surface area contributed by atoms with Crippen molar-refractivity contribution in [2.75, 3.05) is 5.32 Å². The number of rotatable bonds is 3. The molecule has 0 atom stereocenters. The van der Waals surface area contributed by atoms with Crippen molar-refractivity contribution in [2.24, 2.45) is 0 Å². The van der Waals surface area contributed by atoms with E-state index in [4.69, 9.17) is 4.98 Å². The molecule has 0 saturated carbocycles. The van der Waals surface area contributed by atoms with Gasteiger partial charge in [-0.2, -0.15) is 0 Å². The fourth-order valence-electron chi connectivity index (χ4n) is 2.76. The number of fused-ring (bicyclic) bond motifs is 1. The number of halogens is 1. The second-order valence-electron chi connectivity index (χ2n) is 5.92. The molecular formula is C20H16BrN3O. The fourth-order valence-corrected chi connectivity index (χ4v) is 3.02. The highest BCUT2D eigenvalue weighted by molar-refractivity contribution is 9.10. The van der Waals surface area contributed by atoms with E-state index in [1.54, 1.807) is 12.1 Å². The smallest absolute Gasteiger partial charge is 0.143 e. The predicted molar refractivity (Wildman–Crippen MR) is 104 cm³/mol. The zero-order valence-electron chi connectivity index (χ0n) is 13.6. The molecule has 2 aromatic carbocycles. The van der Waals surface area contributed by atoms with Crippen LogP contribution in [0.3, 0.4) is 0 Å². The summed E-state index contributed by atoms with van der Waals surface area (Å²) >= 11 is 3.46. The Hall–Kier alpha value is -2.79. The summed E-state index contributed by atoms with van der Waals surface area (Å²) in [6, 6.07) is 19.2. The molecule has 0 spiro atoms. The number of aromatic nitrogens is 2. The van der Waals surface area contributed by atoms with Gasteiger partial charge in [-0.15, -0.1) is 0 Å². The Balaban J connectivity index is 1.88. The molecule has 0 aliphatic heterocycles. The van der Waals surface area contributed by atoms with Crippen LogP contribution in [0.2, 0.25) is 0 Å². The van der Waals surface area contributed by atoms with Gasteiger partial charge in [-0.25, -0.2) is 4.98 Å². The molecule has 2 heterocycles. The van der Waals surface area contributed by atoms with Crippen molar-refractivity contribution in [1.29, 1.82) is 0 Å². The van der Waals surface area contributed by atoms with Crippen molar-refractivity contribution in [3.05, 3.63) is 76.9 Å². The van der Waals surface area contributed by atoms with E-state index in [9.17, 15) is 5.11 Å². The Morgan fingerprint density at radius 1 is 1.00 bits per heavy atom. The largest absolute Gasteiger partial charge is 0.508 e. The number of nitrogens with zero attached hydrogens (tertiary/aromatic N) is 2. The first kappa shape index (κ1) is 15.7. The van der Waals surface area contributed by atoms with Gasteiger partial charge < -0.3 is 10.4 Å². The molecule has 4 nitrogen and oxygen atoms in total. The van der Waals surface area contributed by atoms with Crippen LogP contribution in [0.1, 0.15) is 5.56 Å². The molecule has 2 aromatic heterocycles. The summed E-state index contributed by atoms with van der Waals surface area (Å²) in [6.07, 6.45) is 2.02. The summed E-state index contributed by atoms with van der Waals surface area (Å²) < 4.78 is 3.07. The predicted octanol–water partition coefficient (Wildman–Crippen LogP) is 5.52. The molecule has 124 valence electrons. The summed E-state index contributed by atoms with van der Waals surface area (Å²) in [5, 5.41) is 13.0. The molecule has 0 aliphatic carbocycles. The summed E-state index contributed by atoms with van der Waals surface area (Å²) in [4.78, 5) is 4.80. The third kappa shape index (κ3) is 3.10. The number of hydrogen-bond acceptors (Lipinski definition) is 3. The first-order valence-electron chi connectivity index (χ1n) is 7.91. The lowest BCUT2D eigenvalue weighted by atomic mass is 10.1. The summed E-state index contributed by atoms with van der Waals surface area (Å²) in [5.41, 5.74) is 4.80. The van der Waals surface area contributed by atoms with Crippen LogP contribution >= 0.6 is 15.9 Å². The van der Waals surface area contributed by atoms with Crippen LogP contribution < -0.4 is 5.32 Å². The van der Waals surface area contributed by atoms with Gasteiger partial charge in [0.2, 0.25) is 0 Å². The summed E-state index contributed by atoms with van der Waals surface area (Å²) in [7, 11) is 0. The highest BCUT2D eigenvalue weighted by atomic mass is 79.9. The first-order chi connectivity index (χ1) is 12.1. The van der Waals surface area contributed by atoms with Gasteiger partial charge in [0, 0.05) is 21.9 Å². The van der Waals surface area contributed by atoms with Gasteiger partial charge in [-0.05, 0) is 73.2 Å². The van der Waals surface area contributed by atoms with E-state index >= 15 is 0 Å². The fraction of sp³-hybridized carbons (Fsp3) is 0.0500. The van der Waals surface area contributed by atoms with Crippen molar-refractivity contribution in [3.8, 4) is 17.0 Å². The number of aryl methyl sites for hydroxylation is 1. The number of benzene rings is 2. The van der Waals surface area contributed by atoms with Gasteiger partial charge in [0.05, 0.1) is 0 Å². The Labute approximate surface area is 153 Å². The third-order valence-corrected chi connectivity index (χ3v) is 4.56. The molecule has 25 heavy (non-hydrogen) atoms. The Morgan fingerprint density at radius 2 is 1.72 bits per heavy atom. The van der Waals surface area contributed by atoms with Crippen molar-refractivity contribution in [2.45, 2.75) is 6.92 Å². The molecule has 4 aromatic rings. The highest BCUT2D eigenvalue weighted by Gasteiger charge is 2.14. The van der Waals surface area contributed by atoms with E-state index in [0.29, 0.717) is 0 Å². The monoisotopic (exact) mass is 393 g/mol. The van der Waals surface area contributed by atoms with Gasteiger partial charge in [0.1, 0.15) is 22.9 Å². The van der Waals surface area contributed by atoms with Crippen LogP contribution in [0.25, 0.3) is 16.9 Å². The minimum absolute atomic E-state index is 0.241. The topological polar surface area (TPSA) is 49.6 Å². The van der Waals surface area contributed by atoms with Crippen LogP contribution in [0.15, 0.2) is 71.3 Å². The zero-order valence-corrected chi connectivity index (χ0v) is 15.2. The van der Waals surface area contributed by atoms with E-state index < -0.39 is 0 Å². The van der Waals surface area contributed by atoms with Crippen molar-refractivity contribution in [3.63, 3.8) is 0 Å². The van der Waals surface area contributed by atoms with Gasteiger partial charge in [0.25, 0.3) is 0 Å². The number of aromatic hydroxyl groups is 1. The van der Waals surface area contributed by atoms with Gasteiger partial charge in [0.15, 0.2) is 0 Å². The van der Waals surface area contributed by atoms with Gasteiger partial charge in [-0.3, -0.25) is 4.40 Å². The molecule has 0 radical (unpaired) electrons. The van der Waals surface area contributed by atoms with Crippen LogP contribution in [-0.4, -0.2) is 14.5 Å². The van der Waals surface area contributed by atoms with E-state index in [0.717, 1.165) is 38.4 Å². The Kier molecular flexibility index (Phi) is 3.93. The maximum Gasteiger partial charge on any atom is 0.143 e. The lowest BCUT2D eigenvalue weighted by molar-refractivity contribution is 0.475. The standard InChI is InChI=1S/C20H16BrN3O/c1-13-10-11-24-18(12-13)23-19(14-2-8-17(25)9-3-14)20(24)22-16-6-4-15(21)5-7-16/h2-12,22,25H,1H3. The maximum atomic E-state index is 9.56. The average Bonchev–Trinajstić information content (AvgIpc) is 2.95. The molecular weight excluding hydrogens is 378 g/mol. The molecule has 5 heteroatoms. The van der Waals surface area contributed by atoms with E-state index in [-0.39, 0.29) is 5.75 Å². The van der Waals surface area contributed by atoms with Crippen LogP contribution in [-0.2, 0) is 0 Å². The second-order valence-corrected chi connectivity index (χ2v) is 6.84. The van der Waals surface area contributed by atoms with Crippen LogP contribution in [0.5, 0.6) is 5.75 Å². The number of anilines is 2. The van der Waals surface area contributed by atoms with Crippen molar-refractivity contribution in [1.82, 2.24) is 9.38 Å². The maximum absolute atomic E-state index is 9.56. The van der Waals surface area contributed by atoms with E-state index in [2.05, 4.69) is 40.3 Å². The third-order valence-electron chi connectivity index (χ3n) is 4.03. The molecule has 0 bridgehead atoms. The molecule has 0 fully saturated rings. The molecule has 0 aliphatic rings. The Morgan fingerprint density at radius 3 is 2.44 bits per heavy atom. The quantitative estimate of drug-likeness (QED) is 0.481. The molecule has 0 unspecified atom stereocenters. The Bertz CT molecular complexity index is 1040. The first-order valence-corrected chi connectivity index (χ1v) is 8.70. The van der Waals surface area contributed by atoms with E-state index in [1.165, 1.54) is 0 Å². The average molecular weight is 394 g/mol. The number of phenolic OH excluding ortho intramolecular Hbond substituents is 1. The van der Waals surface area contributed by atoms with Crippen LogP contribution in [0.4, 0.5) is 11.5 Å². The van der Waals surface area contributed by atoms with Crippen molar-refractivity contribution >= 4 is 33.1 Å². The number of phenols is 1. The molecule has 2 N–H and O–H groups in total. The van der Waals surface area contributed by atoms with Gasteiger partial charge >= 0.3 is 0 Å². The number of pyridine rings is 1. The normalized spacial score (nSPS) is 11.0. The van der Waals surface area contributed by atoms with Gasteiger partial charge in [-0.1, -0.05) is 15.9 Å². The molecule has 0 amide bonds. The zero-order chi connectivity index (χ0) is 17.4. The number of imidazole rings is 1. The highest BCUT2D eigenvalue weighted by Crippen LogP contribution is 2.32. The lowest BCUT2D eigenvalue weighted by Crippen LogP contribution is -1.97. The summed E-state index contributed by atoms with van der Waals surface area (Å²) in [5.74, 6) is 1.13. The number of nitrogens with one attached hydrogen (secondary N) is 1. The second kappa shape index (κ2) is 6.26. The SMILES string of the molecule is Cc1ccn2c(Nc3ccc(Br)cc3)c(-c3ccc(O)cc3)nc2c1. The van der Waals surface area contributed by atoms with Crippen LogP contribution in [0, 0.1) is 6.92 Å². The van der Waals surface area contributed by atoms with Crippen molar-refractivity contribution < 1.29 is 5.11 Å². The minimum Gasteiger partial charge on any atom is -0.508 e. The molecule has 0 saturated heterocycles. The lowest BCUT2D eigenvalue weighted by Gasteiger charge is -2.09. The number of hydrogen-bond donors (Lipinski definition) is 2.